The van der Waals surface area contributed by atoms with E-state index in [4.69, 9.17) is 17.4 Å². The fourth-order valence-electron chi connectivity index (χ4n) is 1.75. The van der Waals surface area contributed by atoms with E-state index in [1.165, 1.54) is 42.1 Å². The van der Waals surface area contributed by atoms with Crippen LogP contribution in [0.4, 0.5) is 8.78 Å². The molecule has 0 amide bonds. The molecule has 0 fully saturated rings. The molecule has 0 spiro atoms. The molecule has 0 aliphatic rings. The van der Waals surface area contributed by atoms with Crippen LogP contribution in [-0.2, 0) is 0 Å². The molecule has 2 rings (SSSR count). The van der Waals surface area contributed by atoms with Crippen molar-refractivity contribution in [2.75, 3.05) is 5.75 Å². The van der Waals surface area contributed by atoms with Crippen LogP contribution in [0.3, 0.4) is 0 Å². The normalized spacial score (nSPS) is 12.4. The third-order valence-electron chi connectivity index (χ3n) is 2.75. The van der Waals surface area contributed by atoms with Crippen molar-refractivity contribution in [1.29, 1.82) is 0 Å². The lowest BCUT2D eigenvalue weighted by atomic mass is 10.1. The molecule has 0 aliphatic heterocycles. The number of hydrogen-bond acceptors (Lipinski definition) is 3. The molecule has 1 unspecified atom stereocenters. The highest BCUT2D eigenvalue weighted by Gasteiger charge is 2.15. The maximum Gasteiger partial charge on any atom is 0.124 e. The molecule has 2 nitrogen and oxygen atoms in total. The summed E-state index contributed by atoms with van der Waals surface area (Å²) in [4.78, 5) is 0.776. The van der Waals surface area contributed by atoms with Crippen LogP contribution in [-0.4, -0.2) is 5.75 Å². The highest BCUT2D eigenvalue weighted by atomic mass is 35.5. The Morgan fingerprint density at radius 1 is 1.15 bits per heavy atom. The van der Waals surface area contributed by atoms with Crippen molar-refractivity contribution < 1.29 is 8.78 Å². The van der Waals surface area contributed by atoms with Crippen LogP contribution in [0.25, 0.3) is 0 Å². The van der Waals surface area contributed by atoms with Crippen LogP contribution < -0.4 is 11.3 Å². The van der Waals surface area contributed by atoms with Crippen molar-refractivity contribution in [2.45, 2.75) is 10.9 Å². The predicted octanol–water partition coefficient (Wildman–Crippen LogP) is 3.91. The minimum absolute atomic E-state index is 0.295. The molecule has 0 saturated heterocycles. The first-order chi connectivity index (χ1) is 9.60. The minimum atomic E-state index is -0.375. The van der Waals surface area contributed by atoms with Crippen LogP contribution in [0, 0.1) is 11.6 Å². The summed E-state index contributed by atoms with van der Waals surface area (Å²) in [5.41, 5.74) is 3.19. The topological polar surface area (TPSA) is 38.0 Å². The van der Waals surface area contributed by atoms with E-state index in [1.54, 1.807) is 12.1 Å². The Balaban J connectivity index is 2.11. The Kier molecular flexibility index (Phi) is 5.37. The number of halogens is 3. The number of hydrogen-bond donors (Lipinski definition) is 2. The second kappa shape index (κ2) is 7.04. The number of nitrogens with two attached hydrogens (primary N) is 1. The fraction of sp³-hybridized carbons (Fsp3) is 0.143. The predicted molar refractivity (Wildman–Crippen MR) is 78.6 cm³/mol. The number of thioether (sulfide) groups is 1. The molecule has 0 bridgehead atoms. The quantitative estimate of drug-likeness (QED) is 0.499. The van der Waals surface area contributed by atoms with Gasteiger partial charge in [0.15, 0.2) is 0 Å². The van der Waals surface area contributed by atoms with Crippen molar-refractivity contribution in [3.63, 3.8) is 0 Å². The summed E-state index contributed by atoms with van der Waals surface area (Å²) in [5, 5.41) is 0.439. The Morgan fingerprint density at radius 3 is 2.60 bits per heavy atom. The third-order valence-corrected chi connectivity index (χ3v) is 4.18. The van der Waals surface area contributed by atoms with E-state index in [9.17, 15) is 8.78 Å². The zero-order valence-electron chi connectivity index (χ0n) is 10.4. The number of hydrazine groups is 1. The molecule has 0 radical (unpaired) electrons. The minimum Gasteiger partial charge on any atom is -0.271 e. The summed E-state index contributed by atoms with van der Waals surface area (Å²) in [6.45, 7) is 0. The lowest BCUT2D eigenvalue weighted by Crippen LogP contribution is -2.30. The van der Waals surface area contributed by atoms with E-state index < -0.39 is 0 Å². The molecule has 2 aromatic carbocycles. The molecule has 20 heavy (non-hydrogen) atoms. The molecular formula is C14H13ClF2N2S. The number of rotatable bonds is 5. The van der Waals surface area contributed by atoms with Crippen LogP contribution >= 0.6 is 23.4 Å². The molecule has 6 heteroatoms. The Labute approximate surface area is 125 Å². The van der Waals surface area contributed by atoms with Gasteiger partial charge in [0.25, 0.3) is 0 Å². The lowest BCUT2D eigenvalue weighted by Gasteiger charge is -2.17. The van der Waals surface area contributed by atoms with Gasteiger partial charge in [0, 0.05) is 15.7 Å². The molecule has 0 aromatic heterocycles. The van der Waals surface area contributed by atoms with Crippen molar-refractivity contribution in [3.8, 4) is 0 Å². The molecule has 0 aliphatic carbocycles. The molecule has 3 N–H and O–H groups in total. The SMILES string of the molecule is NNC(CSc1cccc(F)c1)c1cc(F)ccc1Cl. The van der Waals surface area contributed by atoms with Gasteiger partial charge in [-0.1, -0.05) is 17.7 Å². The Hall–Kier alpha value is -1.14. The van der Waals surface area contributed by atoms with Gasteiger partial charge >= 0.3 is 0 Å². The monoisotopic (exact) mass is 314 g/mol. The van der Waals surface area contributed by atoms with Gasteiger partial charge in [0.1, 0.15) is 11.6 Å². The highest BCUT2D eigenvalue weighted by Crippen LogP contribution is 2.29. The third kappa shape index (κ3) is 3.93. The zero-order chi connectivity index (χ0) is 14.5. The maximum atomic E-state index is 13.3. The molecule has 0 heterocycles. The van der Waals surface area contributed by atoms with Crippen LogP contribution in [0.5, 0.6) is 0 Å². The summed E-state index contributed by atoms with van der Waals surface area (Å²) in [6, 6.07) is 10.1. The van der Waals surface area contributed by atoms with E-state index in [-0.39, 0.29) is 17.7 Å². The van der Waals surface area contributed by atoms with Crippen molar-refractivity contribution in [2.24, 2.45) is 5.84 Å². The van der Waals surface area contributed by atoms with Crippen molar-refractivity contribution in [1.82, 2.24) is 5.43 Å². The molecule has 2 aromatic rings. The Bertz CT molecular complexity index is 595. The zero-order valence-corrected chi connectivity index (χ0v) is 12.0. The van der Waals surface area contributed by atoms with Crippen molar-refractivity contribution in [3.05, 3.63) is 64.7 Å². The first-order valence-electron chi connectivity index (χ1n) is 5.89. The molecular weight excluding hydrogens is 302 g/mol. The lowest BCUT2D eigenvalue weighted by molar-refractivity contribution is 0.591. The van der Waals surface area contributed by atoms with E-state index in [1.807, 2.05) is 0 Å². The van der Waals surface area contributed by atoms with Gasteiger partial charge in [0.2, 0.25) is 0 Å². The number of nitrogens with one attached hydrogen (secondary N) is 1. The fourth-order valence-corrected chi connectivity index (χ4v) is 3.00. The summed E-state index contributed by atoms with van der Waals surface area (Å²) in [5.74, 6) is 5.33. The van der Waals surface area contributed by atoms with E-state index in [0.717, 1.165) is 4.90 Å². The second-order valence-electron chi connectivity index (χ2n) is 4.15. The summed E-state index contributed by atoms with van der Waals surface area (Å²) < 4.78 is 26.4. The molecule has 0 saturated carbocycles. The van der Waals surface area contributed by atoms with Gasteiger partial charge in [-0.05, 0) is 42.0 Å². The maximum absolute atomic E-state index is 13.3. The highest BCUT2D eigenvalue weighted by molar-refractivity contribution is 7.99. The average molecular weight is 315 g/mol. The first kappa shape index (κ1) is 15.3. The van der Waals surface area contributed by atoms with E-state index in [0.29, 0.717) is 16.3 Å². The summed E-state index contributed by atoms with van der Waals surface area (Å²) in [7, 11) is 0. The van der Waals surface area contributed by atoms with Gasteiger partial charge < -0.3 is 0 Å². The first-order valence-corrected chi connectivity index (χ1v) is 7.26. The van der Waals surface area contributed by atoms with Crippen LogP contribution in [0.1, 0.15) is 11.6 Å². The van der Waals surface area contributed by atoms with Crippen molar-refractivity contribution >= 4 is 23.4 Å². The van der Waals surface area contributed by atoms with E-state index in [2.05, 4.69) is 5.43 Å². The molecule has 106 valence electrons. The van der Waals surface area contributed by atoms with Crippen LogP contribution in [0.15, 0.2) is 47.4 Å². The van der Waals surface area contributed by atoms with Gasteiger partial charge in [-0.15, -0.1) is 11.8 Å². The van der Waals surface area contributed by atoms with Gasteiger partial charge in [0.05, 0.1) is 6.04 Å². The Morgan fingerprint density at radius 2 is 1.90 bits per heavy atom. The van der Waals surface area contributed by atoms with Crippen LogP contribution in [0.2, 0.25) is 5.02 Å². The van der Waals surface area contributed by atoms with Gasteiger partial charge in [-0.3, -0.25) is 11.3 Å². The van der Waals surface area contributed by atoms with Gasteiger partial charge in [-0.25, -0.2) is 8.78 Å². The average Bonchev–Trinajstić information content (AvgIpc) is 2.43. The standard InChI is InChI=1S/C14H13ClF2N2S/c15-13-5-4-10(17)7-12(13)14(19-18)8-20-11-3-1-2-9(16)6-11/h1-7,14,19H,8,18H2. The van der Waals surface area contributed by atoms with E-state index >= 15 is 0 Å². The summed E-state index contributed by atoms with van der Waals surface area (Å²) >= 11 is 7.46. The second-order valence-corrected chi connectivity index (χ2v) is 5.65. The molecule has 1 atom stereocenters. The summed E-state index contributed by atoms with van der Waals surface area (Å²) in [6.07, 6.45) is 0. The largest absolute Gasteiger partial charge is 0.271 e. The van der Waals surface area contributed by atoms with Gasteiger partial charge in [-0.2, -0.15) is 0 Å². The smallest absolute Gasteiger partial charge is 0.124 e. The number of benzene rings is 2.